The number of nitrogens with zero attached hydrogens (tertiary/aromatic N) is 3. The Hall–Kier alpha value is -2.67. The summed E-state index contributed by atoms with van der Waals surface area (Å²) in [6.45, 7) is 2.60. The van der Waals surface area contributed by atoms with E-state index in [2.05, 4.69) is 23.0 Å². The monoisotopic (exact) mass is 265 g/mol. The van der Waals surface area contributed by atoms with Crippen LogP contribution in [0.4, 0.5) is 0 Å². The molecule has 0 unspecified atom stereocenters. The maximum absolute atomic E-state index is 8.75. The van der Waals surface area contributed by atoms with Crippen LogP contribution in [0.5, 0.6) is 5.75 Å². The number of allylic oxidation sites excluding steroid dienone is 1. The largest absolute Gasteiger partial charge is 0.486 e. The van der Waals surface area contributed by atoms with Crippen molar-refractivity contribution < 1.29 is 4.74 Å². The molecule has 0 aliphatic carbocycles. The Kier molecular flexibility index (Phi) is 4.85. The number of ether oxygens (including phenoxy) is 1. The van der Waals surface area contributed by atoms with Crippen molar-refractivity contribution in [3.8, 4) is 23.2 Å². The van der Waals surface area contributed by atoms with Crippen molar-refractivity contribution in [3.63, 3.8) is 0 Å². The van der Waals surface area contributed by atoms with Crippen molar-refractivity contribution in [1.82, 2.24) is 9.97 Å². The van der Waals surface area contributed by atoms with Gasteiger partial charge in [-0.3, -0.25) is 0 Å². The third kappa shape index (κ3) is 3.66. The first kappa shape index (κ1) is 13.8. The van der Waals surface area contributed by atoms with Crippen LogP contribution < -0.4 is 4.74 Å². The van der Waals surface area contributed by atoms with Crippen LogP contribution in [0.3, 0.4) is 0 Å². The van der Waals surface area contributed by atoms with Gasteiger partial charge in [-0.05, 0) is 30.7 Å². The standard InChI is InChI=1S/C16H15N3O/c1-2-3-4-9-20-15-11-18-16(19-12-15)14-7-5-13(10-17)6-8-14/h3-8,11-12H,2,9H2,1H3. The summed E-state index contributed by atoms with van der Waals surface area (Å²) in [5.74, 6) is 1.26. The lowest BCUT2D eigenvalue weighted by molar-refractivity contribution is 0.359. The predicted molar refractivity (Wildman–Crippen MR) is 77.1 cm³/mol. The van der Waals surface area contributed by atoms with Crippen molar-refractivity contribution in [2.24, 2.45) is 0 Å². The van der Waals surface area contributed by atoms with Crippen molar-refractivity contribution in [2.45, 2.75) is 13.3 Å². The highest BCUT2D eigenvalue weighted by Gasteiger charge is 2.02. The predicted octanol–water partition coefficient (Wildman–Crippen LogP) is 3.36. The Morgan fingerprint density at radius 3 is 2.45 bits per heavy atom. The summed E-state index contributed by atoms with van der Waals surface area (Å²) in [4.78, 5) is 8.52. The number of nitriles is 1. The van der Waals surface area contributed by atoms with Crippen molar-refractivity contribution >= 4 is 0 Å². The smallest absolute Gasteiger partial charge is 0.159 e. The second-order valence-corrected chi connectivity index (χ2v) is 4.12. The number of hydrogen-bond donors (Lipinski definition) is 0. The zero-order valence-electron chi connectivity index (χ0n) is 11.3. The minimum absolute atomic E-state index is 0.521. The van der Waals surface area contributed by atoms with E-state index >= 15 is 0 Å². The van der Waals surface area contributed by atoms with E-state index in [1.54, 1.807) is 24.5 Å². The molecule has 0 spiro atoms. The van der Waals surface area contributed by atoms with Gasteiger partial charge in [0.05, 0.1) is 24.0 Å². The van der Waals surface area contributed by atoms with Crippen LogP contribution in [0.1, 0.15) is 18.9 Å². The average Bonchev–Trinajstić information content (AvgIpc) is 2.52. The zero-order valence-corrected chi connectivity index (χ0v) is 11.3. The summed E-state index contributed by atoms with van der Waals surface area (Å²) in [6.07, 6.45) is 8.32. The number of hydrogen-bond acceptors (Lipinski definition) is 4. The molecule has 4 nitrogen and oxygen atoms in total. The van der Waals surface area contributed by atoms with Crippen LogP contribution in [0.15, 0.2) is 48.8 Å². The Morgan fingerprint density at radius 2 is 1.85 bits per heavy atom. The molecule has 4 heteroatoms. The molecule has 2 aromatic rings. The third-order valence-corrected chi connectivity index (χ3v) is 2.65. The maximum Gasteiger partial charge on any atom is 0.159 e. The van der Waals surface area contributed by atoms with Gasteiger partial charge in [-0.15, -0.1) is 0 Å². The summed E-state index contributed by atoms with van der Waals surface area (Å²) >= 11 is 0. The van der Waals surface area contributed by atoms with E-state index in [0.29, 0.717) is 23.7 Å². The van der Waals surface area contributed by atoms with Gasteiger partial charge in [0, 0.05) is 5.56 Å². The Bertz CT molecular complexity index is 610. The van der Waals surface area contributed by atoms with Crippen molar-refractivity contribution in [1.29, 1.82) is 5.26 Å². The van der Waals surface area contributed by atoms with Crippen LogP contribution in [-0.4, -0.2) is 16.6 Å². The Morgan fingerprint density at radius 1 is 1.15 bits per heavy atom. The molecule has 0 aliphatic heterocycles. The molecule has 0 saturated carbocycles. The first-order chi connectivity index (χ1) is 9.83. The van der Waals surface area contributed by atoms with Gasteiger partial charge in [-0.2, -0.15) is 5.26 Å². The fourth-order valence-corrected chi connectivity index (χ4v) is 1.61. The van der Waals surface area contributed by atoms with Gasteiger partial charge in [0.15, 0.2) is 11.6 Å². The molecule has 0 radical (unpaired) electrons. The van der Waals surface area contributed by atoms with E-state index in [1.165, 1.54) is 0 Å². The highest BCUT2D eigenvalue weighted by atomic mass is 16.5. The van der Waals surface area contributed by atoms with Gasteiger partial charge in [-0.25, -0.2) is 9.97 Å². The Balaban J connectivity index is 2.03. The normalized spacial score (nSPS) is 10.4. The molecule has 20 heavy (non-hydrogen) atoms. The first-order valence-electron chi connectivity index (χ1n) is 6.44. The SMILES string of the molecule is CCC=CCOc1cnc(-c2ccc(C#N)cc2)nc1. The second-order valence-electron chi connectivity index (χ2n) is 4.12. The number of rotatable bonds is 5. The van der Waals surface area contributed by atoms with Gasteiger partial charge in [0.25, 0.3) is 0 Å². The fraction of sp³-hybridized carbons (Fsp3) is 0.188. The van der Waals surface area contributed by atoms with E-state index in [0.717, 1.165) is 12.0 Å². The van der Waals surface area contributed by atoms with Crippen LogP contribution in [-0.2, 0) is 0 Å². The first-order valence-corrected chi connectivity index (χ1v) is 6.44. The molecule has 0 saturated heterocycles. The molecule has 1 aromatic carbocycles. The molecule has 0 atom stereocenters. The summed E-state index contributed by atoms with van der Waals surface area (Å²) in [7, 11) is 0. The highest BCUT2D eigenvalue weighted by Crippen LogP contribution is 2.17. The van der Waals surface area contributed by atoms with Crippen molar-refractivity contribution in [3.05, 3.63) is 54.4 Å². The summed E-state index contributed by atoms with van der Waals surface area (Å²) < 4.78 is 5.48. The average molecular weight is 265 g/mol. The molecule has 0 aliphatic rings. The summed E-state index contributed by atoms with van der Waals surface area (Å²) in [5, 5.41) is 8.75. The minimum atomic E-state index is 0.521. The van der Waals surface area contributed by atoms with E-state index in [1.807, 2.05) is 24.3 Å². The van der Waals surface area contributed by atoms with E-state index in [4.69, 9.17) is 10.00 Å². The summed E-state index contributed by atoms with van der Waals surface area (Å²) in [6, 6.07) is 9.24. The molecule has 0 amide bonds. The number of aromatic nitrogens is 2. The third-order valence-electron chi connectivity index (χ3n) is 2.65. The van der Waals surface area contributed by atoms with Crippen LogP contribution in [0.25, 0.3) is 11.4 Å². The highest BCUT2D eigenvalue weighted by molar-refractivity contribution is 5.56. The molecule has 1 heterocycles. The van der Waals surface area contributed by atoms with Gasteiger partial charge >= 0.3 is 0 Å². The lowest BCUT2D eigenvalue weighted by atomic mass is 10.1. The quantitative estimate of drug-likeness (QED) is 0.778. The van der Waals surface area contributed by atoms with Gasteiger partial charge in [0.1, 0.15) is 6.61 Å². The molecule has 2 rings (SSSR count). The minimum Gasteiger partial charge on any atom is -0.486 e. The Labute approximate surface area is 118 Å². The molecule has 100 valence electrons. The molecule has 0 bridgehead atoms. The lowest BCUT2D eigenvalue weighted by Crippen LogP contribution is -1.96. The molecule has 0 N–H and O–H groups in total. The molecule has 1 aromatic heterocycles. The zero-order chi connectivity index (χ0) is 14.2. The molecule has 0 fully saturated rings. The number of benzene rings is 1. The second kappa shape index (κ2) is 7.05. The van der Waals surface area contributed by atoms with Gasteiger partial charge in [0.2, 0.25) is 0 Å². The topological polar surface area (TPSA) is 58.8 Å². The van der Waals surface area contributed by atoms with Crippen LogP contribution in [0.2, 0.25) is 0 Å². The van der Waals surface area contributed by atoms with E-state index in [-0.39, 0.29) is 0 Å². The van der Waals surface area contributed by atoms with Crippen LogP contribution >= 0.6 is 0 Å². The van der Waals surface area contributed by atoms with E-state index in [9.17, 15) is 0 Å². The van der Waals surface area contributed by atoms with E-state index < -0.39 is 0 Å². The van der Waals surface area contributed by atoms with Crippen molar-refractivity contribution in [2.75, 3.05) is 6.61 Å². The van der Waals surface area contributed by atoms with Crippen LogP contribution in [0, 0.1) is 11.3 Å². The van der Waals surface area contributed by atoms with Gasteiger partial charge in [-0.1, -0.05) is 19.1 Å². The molecular weight excluding hydrogens is 250 g/mol. The summed E-state index contributed by atoms with van der Waals surface area (Å²) in [5.41, 5.74) is 1.50. The molecular formula is C16H15N3O. The fourth-order valence-electron chi connectivity index (χ4n) is 1.61. The van der Waals surface area contributed by atoms with Gasteiger partial charge < -0.3 is 4.74 Å². The maximum atomic E-state index is 8.75. The lowest BCUT2D eigenvalue weighted by Gasteiger charge is -2.04.